The number of aliphatic imine (C=N–C) groups is 1. The standard InChI is InChI=1S/C40H36N2O3Si/c1-25-35-26(2)37(42-34(35)24-32-31-21-12-13-22-33(31)41-36(25)32)39(43)44-28-16-14-15-27(23-28)38(40(3,4)5)45-46(29-17-8-6-9-18-29)30-19-10-7-11-20-30/h6-24,38,46H,1-5H3. The van der Waals surface area contributed by atoms with Crippen molar-refractivity contribution in [2.45, 2.75) is 40.7 Å². The number of nitrogens with zero attached hydrogens (tertiary/aromatic N) is 2. The molecule has 0 fully saturated rings. The van der Waals surface area contributed by atoms with Gasteiger partial charge in [-0.05, 0) is 70.6 Å². The zero-order valence-corrected chi connectivity index (χ0v) is 27.9. The highest BCUT2D eigenvalue weighted by atomic mass is 28.3. The minimum absolute atomic E-state index is 0.222. The Hall–Kier alpha value is -4.91. The third-order valence-corrected chi connectivity index (χ3v) is 11.3. The molecule has 0 aliphatic carbocycles. The van der Waals surface area contributed by atoms with Crippen LogP contribution in [0.15, 0.2) is 125 Å². The van der Waals surface area contributed by atoms with Gasteiger partial charge >= 0.3 is 5.97 Å². The number of carbonyl (C=O) groups is 1. The molecule has 1 atom stereocenters. The summed E-state index contributed by atoms with van der Waals surface area (Å²) in [4.78, 5) is 23.3. The van der Waals surface area contributed by atoms with E-state index in [1.54, 1.807) is 0 Å². The first-order valence-electron chi connectivity index (χ1n) is 15.7. The van der Waals surface area contributed by atoms with Gasteiger partial charge in [0.05, 0.1) is 22.8 Å². The molecule has 0 amide bonds. The van der Waals surface area contributed by atoms with Crippen molar-refractivity contribution in [1.82, 2.24) is 0 Å². The lowest BCUT2D eigenvalue weighted by molar-refractivity contribution is -0.126. The molecule has 1 unspecified atom stereocenters. The van der Waals surface area contributed by atoms with Gasteiger partial charge in [0.25, 0.3) is 0 Å². The van der Waals surface area contributed by atoms with Crippen molar-refractivity contribution in [3.63, 3.8) is 0 Å². The van der Waals surface area contributed by atoms with Gasteiger partial charge in [-0.3, -0.25) is 0 Å². The molecule has 228 valence electrons. The summed E-state index contributed by atoms with van der Waals surface area (Å²) in [7, 11) is -2.05. The summed E-state index contributed by atoms with van der Waals surface area (Å²) in [5.74, 6) is -0.00983. The molecule has 0 saturated carbocycles. The Labute approximate surface area is 270 Å². The van der Waals surface area contributed by atoms with Crippen molar-refractivity contribution >= 4 is 48.0 Å². The zero-order valence-electron chi connectivity index (χ0n) is 26.7. The zero-order chi connectivity index (χ0) is 32.0. The smallest absolute Gasteiger partial charge is 0.362 e. The van der Waals surface area contributed by atoms with E-state index in [1.165, 1.54) is 10.4 Å². The summed E-state index contributed by atoms with van der Waals surface area (Å²) in [5.41, 5.74) is 4.62. The number of hydrogen-bond acceptors (Lipinski definition) is 5. The molecular formula is C40H36N2O3Si. The van der Waals surface area contributed by atoms with Crippen LogP contribution in [0.2, 0.25) is 0 Å². The van der Waals surface area contributed by atoms with E-state index >= 15 is 0 Å². The molecule has 5 aromatic rings. The number of rotatable bonds is 7. The van der Waals surface area contributed by atoms with Crippen molar-refractivity contribution in [3.8, 4) is 5.75 Å². The predicted octanol–water partition coefficient (Wildman–Crippen LogP) is 6.05. The van der Waals surface area contributed by atoms with Gasteiger partial charge in [-0.2, -0.15) is 0 Å². The highest BCUT2D eigenvalue weighted by Crippen LogP contribution is 2.38. The van der Waals surface area contributed by atoms with Gasteiger partial charge < -0.3 is 9.16 Å². The second-order valence-electron chi connectivity index (χ2n) is 13.1. The fourth-order valence-electron chi connectivity index (χ4n) is 6.56. The summed E-state index contributed by atoms with van der Waals surface area (Å²) in [6, 6.07) is 38.9. The molecule has 0 bridgehead atoms. The van der Waals surface area contributed by atoms with Crippen LogP contribution in [0.5, 0.6) is 5.75 Å². The number of benzene rings is 5. The van der Waals surface area contributed by atoms with E-state index in [-0.39, 0.29) is 11.5 Å². The first-order chi connectivity index (χ1) is 22.2. The molecule has 2 aliphatic heterocycles. The highest BCUT2D eigenvalue weighted by Gasteiger charge is 2.32. The molecule has 7 rings (SSSR count). The highest BCUT2D eigenvalue weighted by molar-refractivity contribution is 6.80. The molecule has 2 aliphatic rings. The molecule has 2 heterocycles. The van der Waals surface area contributed by atoms with Crippen LogP contribution in [0.1, 0.15) is 44.9 Å². The Morgan fingerprint density at radius 3 is 2.07 bits per heavy atom. The van der Waals surface area contributed by atoms with Crippen LogP contribution in [0.3, 0.4) is 0 Å². The lowest BCUT2D eigenvalue weighted by atomic mass is 9.85. The number of carbonyl (C=O) groups excluding carboxylic acids is 1. The van der Waals surface area contributed by atoms with Gasteiger partial charge in [0.15, 0.2) is 5.71 Å². The molecule has 6 heteroatoms. The van der Waals surface area contributed by atoms with E-state index in [0.717, 1.165) is 49.1 Å². The summed E-state index contributed by atoms with van der Waals surface area (Å²) in [5, 5.41) is 6.48. The van der Waals surface area contributed by atoms with Crippen LogP contribution in [-0.2, 0) is 9.22 Å². The van der Waals surface area contributed by atoms with Gasteiger partial charge in [0, 0.05) is 15.7 Å². The molecule has 0 saturated heterocycles. The maximum atomic E-state index is 13.7. The van der Waals surface area contributed by atoms with Gasteiger partial charge in [-0.25, -0.2) is 14.8 Å². The molecule has 0 aromatic heterocycles. The number of fused-ring (bicyclic) bond motifs is 3. The maximum Gasteiger partial charge on any atom is 0.362 e. The minimum atomic E-state index is -2.05. The number of esters is 1. The van der Waals surface area contributed by atoms with Crippen LogP contribution in [0.4, 0.5) is 11.4 Å². The van der Waals surface area contributed by atoms with E-state index in [9.17, 15) is 4.79 Å². The Kier molecular flexibility index (Phi) is 7.63. The Bertz CT molecular complexity index is 2200. The van der Waals surface area contributed by atoms with Gasteiger partial charge in [-0.15, -0.1) is 0 Å². The van der Waals surface area contributed by atoms with E-state index < -0.39 is 15.0 Å². The molecule has 46 heavy (non-hydrogen) atoms. The van der Waals surface area contributed by atoms with Crippen LogP contribution >= 0.6 is 0 Å². The second kappa shape index (κ2) is 11.8. The minimum Gasteiger partial charge on any atom is -0.422 e. The Balaban J connectivity index is 1.20. The predicted molar refractivity (Wildman–Crippen MR) is 187 cm³/mol. The average Bonchev–Trinajstić information content (AvgIpc) is 3.60. The van der Waals surface area contributed by atoms with Crippen molar-refractivity contribution < 1.29 is 14.0 Å². The number of ether oxygens (including phenoxy) is 1. The van der Waals surface area contributed by atoms with Gasteiger partial charge in [0.2, 0.25) is 9.04 Å². The van der Waals surface area contributed by atoms with E-state index in [2.05, 4.69) is 88.4 Å². The van der Waals surface area contributed by atoms with Crippen molar-refractivity contribution in [1.29, 1.82) is 0 Å². The molecular weight excluding hydrogens is 585 g/mol. The van der Waals surface area contributed by atoms with Crippen LogP contribution in [0, 0.1) is 22.8 Å². The summed E-state index contributed by atoms with van der Waals surface area (Å²) < 4.78 is 13.1. The first-order valence-corrected chi connectivity index (χ1v) is 17.3. The topological polar surface area (TPSA) is 60.2 Å². The monoisotopic (exact) mass is 620 g/mol. The van der Waals surface area contributed by atoms with Gasteiger partial charge in [-0.1, -0.05) is 112 Å². The molecule has 0 N–H and O–H groups in total. The molecule has 0 radical (unpaired) electrons. The average molecular weight is 621 g/mol. The normalized spacial score (nSPS) is 13.9. The fraction of sp³-hybridized carbons (Fsp3) is 0.175. The van der Waals surface area contributed by atoms with Crippen molar-refractivity contribution in [2.75, 3.05) is 0 Å². The summed E-state index contributed by atoms with van der Waals surface area (Å²) >= 11 is 0. The Morgan fingerprint density at radius 2 is 1.39 bits per heavy atom. The number of para-hydroxylation sites is 1. The van der Waals surface area contributed by atoms with Crippen molar-refractivity contribution in [3.05, 3.63) is 147 Å². The van der Waals surface area contributed by atoms with Crippen LogP contribution in [0.25, 0.3) is 5.57 Å². The Morgan fingerprint density at radius 1 is 0.739 bits per heavy atom. The largest absolute Gasteiger partial charge is 0.422 e. The van der Waals surface area contributed by atoms with Gasteiger partial charge in [0.1, 0.15) is 5.75 Å². The molecule has 0 spiro atoms. The van der Waals surface area contributed by atoms with E-state index in [1.807, 2.05) is 61.5 Å². The number of hydrogen-bond donors (Lipinski definition) is 0. The van der Waals surface area contributed by atoms with E-state index in [4.69, 9.17) is 19.1 Å². The van der Waals surface area contributed by atoms with E-state index in [0.29, 0.717) is 11.5 Å². The second-order valence-corrected chi connectivity index (χ2v) is 15.4. The lowest BCUT2D eigenvalue weighted by Crippen LogP contribution is -2.47. The third-order valence-electron chi connectivity index (χ3n) is 8.74. The summed E-state index contributed by atoms with van der Waals surface area (Å²) in [6.45, 7) is 10.5. The SMILES string of the molecule is CC1=c2c(cc3c(c2C)N=c2ccccc2=3)N=C1C(=O)Oc1cccc(C(O[SiH](c2ccccc2)c2ccccc2)C(C)(C)C)c1. The maximum absolute atomic E-state index is 13.7. The quantitative estimate of drug-likeness (QED) is 0.124. The van der Waals surface area contributed by atoms with Crippen LogP contribution < -0.4 is 25.7 Å². The third kappa shape index (κ3) is 5.44. The molecule has 5 aromatic carbocycles. The van der Waals surface area contributed by atoms with Crippen LogP contribution in [-0.4, -0.2) is 20.7 Å². The lowest BCUT2D eigenvalue weighted by Gasteiger charge is -2.35. The fourth-order valence-corrected chi connectivity index (χ4v) is 9.24. The molecule has 5 nitrogen and oxygen atoms in total. The first kappa shape index (κ1) is 29.8. The summed E-state index contributed by atoms with van der Waals surface area (Å²) in [6.07, 6.45) is -0.235. The van der Waals surface area contributed by atoms with Crippen molar-refractivity contribution in [2.24, 2.45) is 15.4 Å².